The summed E-state index contributed by atoms with van der Waals surface area (Å²) < 4.78 is 9.57. The van der Waals surface area contributed by atoms with E-state index in [0.717, 1.165) is 0 Å². The number of nitrogens with one attached hydrogen (secondary N) is 1. The molecular weight excluding hydrogens is 252 g/mol. The number of carbonyl (C=O) groups excluding carboxylic acids is 1. The fourth-order valence-corrected chi connectivity index (χ4v) is 1.49. The fourth-order valence-electron chi connectivity index (χ4n) is 1.49. The van der Waals surface area contributed by atoms with E-state index in [1.165, 1.54) is 21.1 Å². The minimum atomic E-state index is -1.10. The third-order valence-corrected chi connectivity index (χ3v) is 2.68. The van der Waals surface area contributed by atoms with Crippen LogP contribution in [0.4, 0.5) is 5.69 Å². The minimum absolute atomic E-state index is 0.530. The van der Waals surface area contributed by atoms with Crippen molar-refractivity contribution in [3.63, 3.8) is 0 Å². The molecule has 0 aliphatic carbocycles. The molecule has 0 heterocycles. The van der Waals surface area contributed by atoms with Crippen LogP contribution in [-0.2, 0) is 9.53 Å². The van der Waals surface area contributed by atoms with E-state index in [1.54, 1.807) is 24.3 Å². The molecule has 1 rings (SSSR count). The van der Waals surface area contributed by atoms with Gasteiger partial charge in [-0.3, -0.25) is 10.1 Å². The standard InChI is InChI=1S/C12H16N2O5/c1-8(14(16)17)11(12(15)19-3)13-9-4-6-10(18-2)7-5-9/h4-8,11,13H,1-3H3/t8-,11-/m1/s1. The highest BCUT2D eigenvalue weighted by atomic mass is 16.6. The van der Waals surface area contributed by atoms with Crippen LogP contribution in [-0.4, -0.2) is 37.2 Å². The fraction of sp³-hybridized carbons (Fsp3) is 0.417. The summed E-state index contributed by atoms with van der Waals surface area (Å²) in [6.07, 6.45) is 0. The molecule has 0 aliphatic rings. The van der Waals surface area contributed by atoms with Crippen molar-refractivity contribution < 1.29 is 19.2 Å². The number of hydrogen-bond acceptors (Lipinski definition) is 6. The lowest BCUT2D eigenvalue weighted by Gasteiger charge is -2.18. The maximum atomic E-state index is 11.6. The first-order chi connectivity index (χ1) is 8.99. The van der Waals surface area contributed by atoms with E-state index in [2.05, 4.69) is 10.1 Å². The van der Waals surface area contributed by atoms with Gasteiger partial charge < -0.3 is 14.8 Å². The van der Waals surface area contributed by atoms with E-state index in [0.29, 0.717) is 11.4 Å². The molecule has 2 atom stereocenters. The molecule has 0 aromatic heterocycles. The molecule has 0 bridgehead atoms. The Balaban J connectivity index is 2.87. The first kappa shape index (κ1) is 14.7. The summed E-state index contributed by atoms with van der Waals surface area (Å²) in [5.41, 5.74) is 0.574. The largest absolute Gasteiger partial charge is 0.497 e. The van der Waals surface area contributed by atoms with Gasteiger partial charge in [-0.25, -0.2) is 4.79 Å². The third-order valence-electron chi connectivity index (χ3n) is 2.68. The number of rotatable bonds is 6. The molecule has 0 saturated carbocycles. The van der Waals surface area contributed by atoms with Crippen molar-refractivity contribution in [3.05, 3.63) is 34.4 Å². The average Bonchev–Trinajstić information content (AvgIpc) is 2.43. The van der Waals surface area contributed by atoms with Gasteiger partial charge >= 0.3 is 5.97 Å². The first-order valence-electron chi connectivity index (χ1n) is 5.61. The summed E-state index contributed by atoms with van der Waals surface area (Å²) in [5.74, 6) is -0.0255. The number of nitrogens with zero attached hydrogens (tertiary/aromatic N) is 1. The topological polar surface area (TPSA) is 90.7 Å². The van der Waals surface area contributed by atoms with Crippen LogP contribution in [0, 0.1) is 10.1 Å². The van der Waals surface area contributed by atoms with Crippen LogP contribution in [0.5, 0.6) is 5.75 Å². The summed E-state index contributed by atoms with van der Waals surface area (Å²) in [5, 5.41) is 13.6. The number of esters is 1. The van der Waals surface area contributed by atoms with Crippen LogP contribution in [0.1, 0.15) is 6.92 Å². The van der Waals surface area contributed by atoms with Gasteiger partial charge in [0.25, 0.3) is 0 Å². The zero-order valence-electron chi connectivity index (χ0n) is 11.0. The van der Waals surface area contributed by atoms with Crippen LogP contribution in [0.3, 0.4) is 0 Å². The Morgan fingerprint density at radius 2 is 1.89 bits per heavy atom. The number of methoxy groups -OCH3 is 2. The van der Waals surface area contributed by atoms with E-state index in [4.69, 9.17) is 4.74 Å². The molecule has 1 aromatic rings. The van der Waals surface area contributed by atoms with Crippen LogP contribution in [0.25, 0.3) is 0 Å². The van der Waals surface area contributed by atoms with Crippen LogP contribution in [0.2, 0.25) is 0 Å². The van der Waals surface area contributed by atoms with Crippen LogP contribution >= 0.6 is 0 Å². The Labute approximate surface area is 110 Å². The van der Waals surface area contributed by atoms with Crippen molar-refractivity contribution in [2.75, 3.05) is 19.5 Å². The molecule has 7 nitrogen and oxygen atoms in total. The van der Waals surface area contributed by atoms with Gasteiger partial charge in [-0.2, -0.15) is 0 Å². The maximum absolute atomic E-state index is 11.6. The second-order valence-electron chi connectivity index (χ2n) is 3.90. The van der Waals surface area contributed by atoms with Gasteiger partial charge in [-0.15, -0.1) is 0 Å². The second-order valence-corrected chi connectivity index (χ2v) is 3.90. The number of ether oxygens (including phenoxy) is 2. The predicted molar refractivity (Wildman–Crippen MR) is 68.9 cm³/mol. The Bertz CT molecular complexity index is 446. The SMILES string of the molecule is COC(=O)[C@H](Nc1ccc(OC)cc1)[C@@H](C)[N+](=O)[O-]. The van der Waals surface area contributed by atoms with Gasteiger partial charge in [0, 0.05) is 17.5 Å². The van der Waals surface area contributed by atoms with Crippen LogP contribution < -0.4 is 10.1 Å². The summed E-state index contributed by atoms with van der Waals surface area (Å²) in [7, 11) is 2.73. The van der Waals surface area contributed by atoms with Gasteiger partial charge in [0.1, 0.15) is 5.75 Å². The summed E-state index contributed by atoms with van der Waals surface area (Å²) >= 11 is 0. The number of anilines is 1. The molecule has 0 aliphatic heterocycles. The molecule has 104 valence electrons. The molecule has 0 fully saturated rings. The Kier molecular flexibility index (Phi) is 5.11. The molecule has 1 N–H and O–H groups in total. The Hall–Kier alpha value is -2.31. The zero-order valence-corrected chi connectivity index (χ0v) is 11.0. The summed E-state index contributed by atoms with van der Waals surface area (Å²) in [4.78, 5) is 21.8. The van der Waals surface area contributed by atoms with Crippen molar-refractivity contribution in [1.29, 1.82) is 0 Å². The van der Waals surface area contributed by atoms with Crippen LogP contribution in [0.15, 0.2) is 24.3 Å². The van der Waals surface area contributed by atoms with Gasteiger partial charge in [-0.1, -0.05) is 0 Å². The average molecular weight is 268 g/mol. The van der Waals surface area contributed by atoms with E-state index < -0.39 is 23.0 Å². The van der Waals surface area contributed by atoms with Gasteiger partial charge in [-0.05, 0) is 24.3 Å². The second kappa shape index (κ2) is 6.58. The molecule has 0 saturated heterocycles. The number of hydrogen-bond donors (Lipinski definition) is 1. The minimum Gasteiger partial charge on any atom is -0.497 e. The Morgan fingerprint density at radius 1 is 1.32 bits per heavy atom. The zero-order chi connectivity index (χ0) is 14.4. The van der Waals surface area contributed by atoms with Gasteiger partial charge in [0.05, 0.1) is 14.2 Å². The van der Waals surface area contributed by atoms with Gasteiger partial charge in [0.2, 0.25) is 6.04 Å². The smallest absolute Gasteiger partial charge is 0.335 e. The van der Waals surface area contributed by atoms with E-state index in [9.17, 15) is 14.9 Å². The summed E-state index contributed by atoms with van der Waals surface area (Å²) in [6.45, 7) is 1.35. The van der Waals surface area contributed by atoms with Crippen molar-refractivity contribution in [1.82, 2.24) is 0 Å². The predicted octanol–water partition coefficient (Wildman–Crippen LogP) is 1.31. The van der Waals surface area contributed by atoms with Gasteiger partial charge in [0.15, 0.2) is 6.04 Å². The first-order valence-corrected chi connectivity index (χ1v) is 5.61. The molecule has 7 heteroatoms. The van der Waals surface area contributed by atoms with Crippen molar-refractivity contribution in [3.8, 4) is 5.75 Å². The normalized spacial score (nSPS) is 13.2. The van der Waals surface area contributed by atoms with E-state index in [-0.39, 0.29) is 0 Å². The maximum Gasteiger partial charge on any atom is 0.335 e. The lowest BCUT2D eigenvalue weighted by molar-refractivity contribution is -0.518. The molecule has 0 unspecified atom stereocenters. The number of nitro groups is 1. The van der Waals surface area contributed by atoms with Crippen molar-refractivity contribution in [2.24, 2.45) is 0 Å². The highest BCUT2D eigenvalue weighted by Gasteiger charge is 2.34. The number of benzene rings is 1. The van der Waals surface area contributed by atoms with Crippen molar-refractivity contribution in [2.45, 2.75) is 19.0 Å². The Morgan fingerprint density at radius 3 is 2.32 bits per heavy atom. The molecular formula is C12H16N2O5. The quantitative estimate of drug-likeness (QED) is 0.475. The highest BCUT2D eigenvalue weighted by molar-refractivity contribution is 5.79. The molecule has 0 amide bonds. The lowest BCUT2D eigenvalue weighted by Crippen LogP contribution is -2.44. The van der Waals surface area contributed by atoms with Crippen molar-refractivity contribution >= 4 is 11.7 Å². The molecule has 0 radical (unpaired) electrons. The monoisotopic (exact) mass is 268 g/mol. The third kappa shape index (κ3) is 3.84. The molecule has 19 heavy (non-hydrogen) atoms. The number of carbonyl (C=O) groups is 1. The molecule has 0 spiro atoms. The van der Waals surface area contributed by atoms with E-state index in [1.807, 2.05) is 0 Å². The summed E-state index contributed by atoms with van der Waals surface area (Å²) in [6, 6.07) is 4.56. The lowest BCUT2D eigenvalue weighted by atomic mass is 10.1. The highest BCUT2D eigenvalue weighted by Crippen LogP contribution is 2.17. The molecule has 1 aromatic carbocycles. The van der Waals surface area contributed by atoms with E-state index >= 15 is 0 Å².